The molecule has 0 aromatic carbocycles. The fourth-order valence-corrected chi connectivity index (χ4v) is 2.03. The van der Waals surface area contributed by atoms with E-state index in [4.69, 9.17) is 4.42 Å². The van der Waals surface area contributed by atoms with Crippen LogP contribution in [0.2, 0.25) is 0 Å². The highest BCUT2D eigenvalue weighted by molar-refractivity contribution is 5.21. The first-order valence-corrected chi connectivity index (χ1v) is 6.47. The van der Waals surface area contributed by atoms with Crippen LogP contribution in [0.15, 0.2) is 46.6 Å². The van der Waals surface area contributed by atoms with E-state index < -0.39 is 0 Å². The van der Waals surface area contributed by atoms with Crippen LogP contribution in [-0.2, 0) is 6.54 Å². The molecule has 0 amide bonds. The first-order valence-electron chi connectivity index (χ1n) is 6.47. The molecular weight excluding hydrogens is 210 g/mol. The van der Waals surface area contributed by atoms with Crippen molar-refractivity contribution in [3.8, 4) is 0 Å². The summed E-state index contributed by atoms with van der Waals surface area (Å²) < 4.78 is 5.28. The van der Waals surface area contributed by atoms with Crippen LogP contribution in [0.25, 0.3) is 0 Å². The Bertz CT molecular complexity index is 376. The van der Waals surface area contributed by atoms with Crippen LogP contribution < -0.4 is 5.32 Å². The van der Waals surface area contributed by atoms with Gasteiger partial charge in [-0.15, -0.1) is 0 Å². The summed E-state index contributed by atoms with van der Waals surface area (Å²) in [6.45, 7) is 2.96. The number of allylic oxidation sites excluding steroid dienone is 3. The maximum atomic E-state index is 5.28. The number of rotatable bonds is 5. The van der Waals surface area contributed by atoms with Crippen LogP contribution >= 0.6 is 0 Å². The summed E-state index contributed by atoms with van der Waals surface area (Å²) in [6.07, 6.45) is 13.7. The van der Waals surface area contributed by atoms with Crippen LogP contribution in [0.5, 0.6) is 0 Å². The molecule has 1 aliphatic rings. The van der Waals surface area contributed by atoms with Gasteiger partial charge in [0, 0.05) is 6.04 Å². The van der Waals surface area contributed by atoms with Crippen molar-refractivity contribution in [2.75, 3.05) is 0 Å². The third-order valence-electron chi connectivity index (χ3n) is 3.10. The predicted octanol–water partition coefficient (Wildman–Crippen LogP) is 3.81. The molecule has 1 heterocycles. The molecule has 2 nitrogen and oxygen atoms in total. The molecule has 2 rings (SSSR count). The zero-order chi connectivity index (χ0) is 11.9. The SMILES string of the molecule is C[C@@H](/C=C/C1=CCCCC1)NCc1ccco1. The number of hydrogen-bond acceptors (Lipinski definition) is 2. The van der Waals surface area contributed by atoms with Crippen LogP contribution in [0.4, 0.5) is 0 Å². The van der Waals surface area contributed by atoms with E-state index in [9.17, 15) is 0 Å². The van der Waals surface area contributed by atoms with Crippen LogP contribution in [0, 0.1) is 0 Å². The smallest absolute Gasteiger partial charge is 0.117 e. The average molecular weight is 231 g/mol. The van der Waals surface area contributed by atoms with Gasteiger partial charge >= 0.3 is 0 Å². The third-order valence-corrected chi connectivity index (χ3v) is 3.10. The maximum absolute atomic E-state index is 5.28. The van der Waals surface area contributed by atoms with Crippen molar-refractivity contribution in [2.24, 2.45) is 0 Å². The minimum absolute atomic E-state index is 0.378. The van der Waals surface area contributed by atoms with Crippen molar-refractivity contribution in [1.29, 1.82) is 0 Å². The topological polar surface area (TPSA) is 25.2 Å². The Labute approximate surface area is 103 Å². The monoisotopic (exact) mass is 231 g/mol. The summed E-state index contributed by atoms with van der Waals surface area (Å²) >= 11 is 0. The second kappa shape index (κ2) is 6.45. The summed E-state index contributed by atoms with van der Waals surface area (Å²) in [6, 6.07) is 4.29. The summed E-state index contributed by atoms with van der Waals surface area (Å²) in [4.78, 5) is 0. The van der Waals surface area contributed by atoms with Crippen molar-refractivity contribution in [1.82, 2.24) is 5.32 Å². The normalized spacial score (nSPS) is 18.3. The number of nitrogens with one attached hydrogen (secondary N) is 1. The lowest BCUT2D eigenvalue weighted by Gasteiger charge is -2.11. The zero-order valence-corrected chi connectivity index (χ0v) is 10.5. The molecule has 0 aliphatic heterocycles. The molecule has 0 fully saturated rings. The van der Waals surface area contributed by atoms with Gasteiger partial charge in [-0.3, -0.25) is 0 Å². The molecule has 1 N–H and O–H groups in total. The molecule has 0 bridgehead atoms. The van der Waals surface area contributed by atoms with E-state index in [2.05, 4.69) is 30.5 Å². The van der Waals surface area contributed by atoms with E-state index >= 15 is 0 Å². The van der Waals surface area contributed by atoms with Gasteiger partial charge < -0.3 is 9.73 Å². The molecule has 2 heteroatoms. The van der Waals surface area contributed by atoms with Gasteiger partial charge in [0.15, 0.2) is 0 Å². The Morgan fingerprint density at radius 1 is 1.47 bits per heavy atom. The molecule has 0 spiro atoms. The zero-order valence-electron chi connectivity index (χ0n) is 10.5. The second-order valence-electron chi connectivity index (χ2n) is 4.63. The van der Waals surface area contributed by atoms with Gasteiger partial charge in [-0.05, 0) is 44.7 Å². The first kappa shape index (κ1) is 12.2. The lowest BCUT2D eigenvalue weighted by atomic mass is 9.99. The van der Waals surface area contributed by atoms with Crippen molar-refractivity contribution in [3.63, 3.8) is 0 Å². The van der Waals surface area contributed by atoms with Crippen LogP contribution in [0.1, 0.15) is 38.4 Å². The highest BCUT2D eigenvalue weighted by atomic mass is 16.3. The van der Waals surface area contributed by atoms with Gasteiger partial charge in [0.05, 0.1) is 12.8 Å². The van der Waals surface area contributed by atoms with Crippen LogP contribution in [-0.4, -0.2) is 6.04 Å². The number of hydrogen-bond donors (Lipinski definition) is 1. The summed E-state index contributed by atoms with van der Waals surface area (Å²) in [5.41, 5.74) is 1.49. The molecule has 0 radical (unpaired) electrons. The van der Waals surface area contributed by atoms with E-state index in [1.165, 1.54) is 31.3 Å². The molecule has 0 saturated heterocycles. The Morgan fingerprint density at radius 2 is 2.41 bits per heavy atom. The minimum Gasteiger partial charge on any atom is -0.468 e. The minimum atomic E-state index is 0.378. The molecule has 92 valence electrons. The Hall–Kier alpha value is -1.28. The van der Waals surface area contributed by atoms with Crippen LogP contribution in [0.3, 0.4) is 0 Å². The van der Waals surface area contributed by atoms with Gasteiger partial charge in [0.1, 0.15) is 5.76 Å². The van der Waals surface area contributed by atoms with E-state index in [1.54, 1.807) is 6.26 Å². The van der Waals surface area contributed by atoms with Gasteiger partial charge in [0.2, 0.25) is 0 Å². The molecule has 1 aliphatic carbocycles. The molecule has 0 saturated carbocycles. The van der Waals surface area contributed by atoms with Crippen molar-refractivity contribution >= 4 is 0 Å². The van der Waals surface area contributed by atoms with Gasteiger partial charge in [-0.2, -0.15) is 0 Å². The molecule has 1 aromatic heterocycles. The van der Waals surface area contributed by atoms with Crippen molar-refractivity contribution in [3.05, 3.63) is 48.0 Å². The fraction of sp³-hybridized carbons (Fsp3) is 0.467. The summed E-state index contributed by atoms with van der Waals surface area (Å²) in [7, 11) is 0. The second-order valence-corrected chi connectivity index (χ2v) is 4.63. The molecule has 1 aromatic rings. The third kappa shape index (κ3) is 4.23. The summed E-state index contributed by atoms with van der Waals surface area (Å²) in [5, 5.41) is 3.42. The predicted molar refractivity (Wildman–Crippen MR) is 70.7 cm³/mol. The molecule has 1 atom stereocenters. The molecular formula is C15H21NO. The van der Waals surface area contributed by atoms with E-state index in [-0.39, 0.29) is 0 Å². The lowest BCUT2D eigenvalue weighted by Crippen LogP contribution is -2.23. The van der Waals surface area contributed by atoms with Crippen molar-refractivity contribution < 1.29 is 4.42 Å². The van der Waals surface area contributed by atoms with Gasteiger partial charge in [-0.25, -0.2) is 0 Å². The largest absolute Gasteiger partial charge is 0.468 e. The lowest BCUT2D eigenvalue weighted by molar-refractivity contribution is 0.474. The average Bonchev–Trinajstić information content (AvgIpc) is 2.88. The van der Waals surface area contributed by atoms with Gasteiger partial charge in [0.25, 0.3) is 0 Å². The molecule has 17 heavy (non-hydrogen) atoms. The first-order chi connectivity index (χ1) is 8.34. The highest BCUT2D eigenvalue weighted by Crippen LogP contribution is 2.18. The van der Waals surface area contributed by atoms with E-state index in [0.29, 0.717) is 6.04 Å². The summed E-state index contributed by atoms with van der Waals surface area (Å²) in [5.74, 6) is 0.988. The Balaban J connectivity index is 1.74. The highest BCUT2D eigenvalue weighted by Gasteiger charge is 2.02. The standard InChI is InChI=1S/C15H21NO/c1-13(16-12-15-8-5-11-17-15)9-10-14-6-3-2-4-7-14/h5-6,8-11,13,16H,2-4,7,12H2,1H3/b10-9+/t13-/m0/s1. The van der Waals surface area contributed by atoms with Gasteiger partial charge in [-0.1, -0.05) is 23.8 Å². The Morgan fingerprint density at radius 3 is 3.12 bits per heavy atom. The van der Waals surface area contributed by atoms with E-state index in [1.807, 2.05) is 12.1 Å². The van der Waals surface area contributed by atoms with Crippen molar-refractivity contribution in [2.45, 2.75) is 45.2 Å². The number of furan rings is 1. The van der Waals surface area contributed by atoms with E-state index in [0.717, 1.165) is 12.3 Å². The molecule has 0 unspecified atom stereocenters. The maximum Gasteiger partial charge on any atom is 0.117 e. The quantitative estimate of drug-likeness (QED) is 0.833. The fourth-order valence-electron chi connectivity index (χ4n) is 2.03. The Kier molecular flexibility index (Phi) is 4.63.